The largest absolute Gasteiger partial charge is 0.462 e. The van der Waals surface area contributed by atoms with Crippen molar-refractivity contribution >= 4 is 17.9 Å². The SMILES string of the molecule is CCCCC/C=C\C=C/CCCCCCCCCCCCC(=O)OCC(COC(=O)CCC/C=C\C/C=C\C/C=C\CCCCCCCC)OC(=O)CCCCCCC\C=C/C=C\C=C/CCCCCCC. The van der Waals surface area contributed by atoms with Crippen molar-refractivity contribution in [2.75, 3.05) is 13.2 Å². The zero-order chi connectivity index (χ0) is 52.2. The first kappa shape index (κ1) is 68.3. The summed E-state index contributed by atoms with van der Waals surface area (Å²) in [5.74, 6) is -0.976. The van der Waals surface area contributed by atoms with Gasteiger partial charge in [-0.05, 0) is 103 Å². The molecule has 0 saturated heterocycles. The van der Waals surface area contributed by atoms with E-state index in [4.69, 9.17) is 14.2 Å². The monoisotopic (exact) mass is 1000 g/mol. The van der Waals surface area contributed by atoms with Crippen LogP contribution in [-0.2, 0) is 28.6 Å². The molecule has 412 valence electrons. The molecule has 0 aromatic rings. The molecule has 0 heterocycles. The topological polar surface area (TPSA) is 78.9 Å². The minimum absolute atomic E-state index is 0.104. The maximum absolute atomic E-state index is 12.9. The lowest BCUT2D eigenvalue weighted by Gasteiger charge is -2.18. The van der Waals surface area contributed by atoms with E-state index in [0.717, 1.165) is 83.5 Å². The molecule has 0 radical (unpaired) electrons. The van der Waals surface area contributed by atoms with E-state index in [1.807, 2.05) is 0 Å². The van der Waals surface area contributed by atoms with Crippen LogP contribution in [0.4, 0.5) is 0 Å². The molecule has 0 aromatic heterocycles. The summed E-state index contributed by atoms with van der Waals surface area (Å²) in [6.45, 7) is 6.54. The molecule has 0 bridgehead atoms. The molecule has 72 heavy (non-hydrogen) atoms. The van der Waals surface area contributed by atoms with E-state index < -0.39 is 6.10 Å². The third-order valence-corrected chi connectivity index (χ3v) is 12.9. The summed E-state index contributed by atoms with van der Waals surface area (Å²) < 4.78 is 16.8. The zero-order valence-electron chi connectivity index (χ0n) is 47.2. The molecule has 0 aliphatic heterocycles. The summed E-state index contributed by atoms with van der Waals surface area (Å²) in [4.78, 5) is 38.2. The molecule has 0 aliphatic carbocycles. The van der Waals surface area contributed by atoms with Crippen LogP contribution in [0.1, 0.15) is 284 Å². The molecule has 1 unspecified atom stereocenters. The van der Waals surface area contributed by atoms with E-state index in [1.54, 1.807) is 0 Å². The fourth-order valence-corrected chi connectivity index (χ4v) is 8.27. The van der Waals surface area contributed by atoms with Crippen molar-refractivity contribution in [3.05, 3.63) is 97.2 Å². The molecule has 0 saturated carbocycles. The molecule has 0 N–H and O–H groups in total. The number of hydrogen-bond acceptors (Lipinski definition) is 6. The third kappa shape index (κ3) is 57.2. The van der Waals surface area contributed by atoms with Crippen molar-refractivity contribution in [3.63, 3.8) is 0 Å². The van der Waals surface area contributed by atoms with E-state index in [9.17, 15) is 14.4 Å². The van der Waals surface area contributed by atoms with Crippen LogP contribution in [0.25, 0.3) is 0 Å². The smallest absolute Gasteiger partial charge is 0.306 e. The fraction of sp³-hybridized carbons (Fsp3) is 0.712. The van der Waals surface area contributed by atoms with Crippen LogP contribution in [0, 0.1) is 0 Å². The summed E-state index contributed by atoms with van der Waals surface area (Å²) in [5, 5.41) is 0. The number of rotatable bonds is 54. The molecule has 0 spiro atoms. The molecule has 0 aromatic carbocycles. The van der Waals surface area contributed by atoms with E-state index in [-0.39, 0.29) is 37.5 Å². The highest BCUT2D eigenvalue weighted by Gasteiger charge is 2.19. The van der Waals surface area contributed by atoms with E-state index in [0.29, 0.717) is 19.3 Å². The van der Waals surface area contributed by atoms with Gasteiger partial charge in [-0.1, -0.05) is 259 Å². The molecule has 0 fully saturated rings. The summed E-state index contributed by atoms with van der Waals surface area (Å²) in [5.41, 5.74) is 0. The molecule has 0 rings (SSSR count). The molecule has 0 aliphatic rings. The first-order chi connectivity index (χ1) is 35.5. The summed E-state index contributed by atoms with van der Waals surface area (Å²) in [6.07, 6.45) is 79.7. The lowest BCUT2D eigenvalue weighted by atomic mass is 10.1. The van der Waals surface area contributed by atoms with E-state index in [1.165, 1.54) is 154 Å². The van der Waals surface area contributed by atoms with Crippen LogP contribution in [0.15, 0.2) is 97.2 Å². The lowest BCUT2D eigenvalue weighted by molar-refractivity contribution is -0.167. The highest BCUT2D eigenvalue weighted by molar-refractivity contribution is 5.71. The molecule has 6 nitrogen and oxygen atoms in total. The second kappa shape index (κ2) is 59.9. The highest BCUT2D eigenvalue weighted by atomic mass is 16.6. The zero-order valence-corrected chi connectivity index (χ0v) is 47.2. The van der Waals surface area contributed by atoms with Crippen LogP contribution in [0.3, 0.4) is 0 Å². The standard InChI is InChI=1S/C66H112O6/c1-4-7-10-13-16-19-22-25-28-31-33-36-38-41-44-47-50-53-56-59-65(68)71-62-63(61-70-64(67)58-55-52-49-46-43-40-37-34-30-27-24-21-18-15-12-9-6-3)72-66(69)60-57-54-51-48-45-42-39-35-32-29-26-23-20-17-14-11-8-5-2/h16,19,22-23,25-27,29-30,32,35,37,39-40,46,49,63H,4-15,17-18,20-21,24,28,31,33-34,36,38,41-45,47-48,50-62H2,1-3H3/b19-16-,25-22-,26-23-,30-27-,32-29-,39-35-,40-37-,49-46-. The number of unbranched alkanes of at least 4 members (excludes halogenated alkanes) is 30. The number of allylic oxidation sites excluding steroid dienone is 16. The van der Waals surface area contributed by atoms with Crippen molar-refractivity contribution in [2.24, 2.45) is 0 Å². The Kier molecular flexibility index (Phi) is 56.8. The lowest BCUT2D eigenvalue weighted by Crippen LogP contribution is -2.30. The Morgan fingerprint density at radius 2 is 0.569 bits per heavy atom. The van der Waals surface area contributed by atoms with Gasteiger partial charge in [0.15, 0.2) is 6.10 Å². The van der Waals surface area contributed by atoms with Gasteiger partial charge in [0.05, 0.1) is 0 Å². The summed E-state index contributed by atoms with van der Waals surface area (Å²) in [6, 6.07) is 0. The van der Waals surface area contributed by atoms with Crippen LogP contribution in [0.5, 0.6) is 0 Å². The van der Waals surface area contributed by atoms with Gasteiger partial charge in [0.2, 0.25) is 0 Å². The first-order valence-corrected chi connectivity index (χ1v) is 30.3. The summed E-state index contributed by atoms with van der Waals surface area (Å²) in [7, 11) is 0. The molecule has 0 amide bonds. The minimum Gasteiger partial charge on any atom is -0.462 e. The Morgan fingerprint density at radius 1 is 0.292 bits per heavy atom. The Morgan fingerprint density at radius 3 is 0.986 bits per heavy atom. The average molecular weight is 1000 g/mol. The van der Waals surface area contributed by atoms with Gasteiger partial charge in [-0.2, -0.15) is 0 Å². The van der Waals surface area contributed by atoms with E-state index >= 15 is 0 Å². The second-order valence-corrected chi connectivity index (χ2v) is 20.0. The van der Waals surface area contributed by atoms with Gasteiger partial charge in [0.25, 0.3) is 0 Å². The number of esters is 3. The predicted molar refractivity (Wildman–Crippen MR) is 311 cm³/mol. The van der Waals surface area contributed by atoms with Crippen molar-refractivity contribution in [1.82, 2.24) is 0 Å². The van der Waals surface area contributed by atoms with Gasteiger partial charge < -0.3 is 14.2 Å². The molecule has 6 heteroatoms. The maximum Gasteiger partial charge on any atom is 0.306 e. The van der Waals surface area contributed by atoms with Crippen LogP contribution in [-0.4, -0.2) is 37.2 Å². The first-order valence-electron chi connectivity index (χ1n) is 30.3. The second-order valence-electron chi connectivity index (χ2n) is 20.0. The molecular weight excluding hydrogens is 889 g/mol. The minimum atomic E-state index is -0.812. The number of ether oxygens (including phenoxy) is 3. The predicted octanol–water partition coefficient (Wildman–Crippen LogP) is 20.5. The van der Waals surface area contributed by atoms with Gasteiger partial charge in [-0.25, -0.2) is 0 Å². The Labute approximate surface area is 445 Å². The van der Waals surface area contributed by atoms with Gasteiger partial charge in [-0.3, -0.25) is 14.4 Å². The van der Waals surface area contributed by atoms with Gasteiger partial charge in [0, 0.05) is 19.3 Å². The van der Waals surface area contributed by atoms with Crippen molar-refractivity contribution in [2.45, 2.75) is 290 Å². The quantitative estimate of drug-likeness (QED) is 0.0199. The van der Waals surface area contributed by atoms with Gasteiger partial charge in [-0.15, -0.1) is 0 Å². The Balaban J connectivity index is 4.50. The van der Waals surface area contributed by atoms with Crippen molar-refractivity contribution < 1.29 is 28.6 Å². The maximum atomic E-state index is 12.9. The van der Waals surface area contributed by atoms with Crippen LogP contribution < -0.4 is 0 Å². The highest BCUT2D eigenvalue weighted by Crippen LogP contribution is 2.15. The summed E-state index contributed by atoms with van der Waals surface area (Å²) >= 11 is 0. The fourth-order valence-electron chi connectivity index (χ4n) is 8.27. The number of hydrogen-bond donors (Lipinski definition) is 0. The Hall–Kier alpha value is -3.67. The molecule has 1 atom stereocenters. The van der Waals surface area contributed by atoms with Crippen LogP contribution >= 0.6 is 0 Å². The van der Waals surface area contributed by atoms with Gasteiger partial charge in [0.1, 0.15) is 13.2 Å². The van der Waals surface area contributed by atoms with Crippen molar-refractivity contribution in [3.8, 4) is 0 Å². The van der Waals surface area contributed by atoms with Gasteiger partial charge >= 0.3 is 17.9 Å². The van der Waals surface area contributed by atoms with Crippen LogP contribution in [0.2, 0.25) is 0 Å². The Bertz CT molecular complexity index is 1430. The number of carbonyl (C=O) groups is 3. The number of carbonyl (C=O) groups excluding carboxylic acids is 3. The molecular formula is C66H112O6. The average Bonchev–Trinajstić information content (AvgIpc) is 3.38. The van der Waals surface area contributed by atoms with Crippen molar-refractivity contribution in [1.29, 1.82) is 0 Å². The van der Waals surface area contributed by atoms with E-state index in [2.05, 4.69) is 118 Å². The third-order valence-electron chi connectivity index (χ3n) is 12.9. The normalized spacial score (nSPS) is 12.8.